The van der Waals surface area contributed by atoms with Crippen LogP contribution in [0.3, 0.4) is 0 Å². The van der Waals surface area contributed by atoms with Crippen molar-refractivity contribution in [3.63, 3.8) is 0 Å². The van der Waals surface area contributed by atoms with Crippen LogP contribution in [-0.2, 0) is 11.2 Å². The Bertz CT molecular complexity index is 1160. The van der Waals surface area contributed by atoms with Crippen molar-refractivity contribution in [2.24, 2.45) is 0 Å². The lowest BCUT2D eigenvalue weighted by Gasteiger charge is -2.24. The number of ether oxygens (including phenoxy) is 1. The highest BCUT2D eigenvalue weighted by Crippen LogP contribution is 2.38. The molecule has 2 amide bonds. The first kappa shape index (κ1) is 23.5. The van der Waals surface area contributed by atoms with Crippen LogP contribution in [0.15, 0.2) is 72.8 Å². The van der Waals surface area contributed by atoms with Crippen LogP contribution in [0.25, 0.3) is 0 Å². The summed E-state index contributed by atoms with van der Waals surface area (Å²) in [6.45, 7) is 8.05. The fourth-order valence-electron chi connectivity index (χ4n) is 4.24. The number of carbonyl (C=O) groups excluding carboxylic acids is 2. The van der Waals surface area contributed by atoms with Crippen LogP contribution in [0.4, 0.5) is 17.1 Å². The van der Waals surface area contributed by atoms with E-state index < -0.39 is 0 Å². The van der Waals surface area contributed by atoms with Crippen molar-refractivity contribution in [2.75, 3.05) is 36.5 Å². The molecule has 176 valence electrons. The Hall–Kier alpha value is -3.64. The van der Waals surface area contributed by atoms with E-state index in [-0.39, 0.29) is 18.2 Å². The molecule has 0 aromatic heterocycles. The molecular weight excluding hydrogens is 426 g/mol. The molecule has 0 saturated carbocycles. The molecule has 0 spiro atoms. The Labute approximate surface area is 201 Å². The standard InChI is InChI=1S/C28H31N3O3/c1-3-30(4-2)17-10-18-34-22-12-9-11-21(19-22)20-27(32)31-25-15-7-5-13-23(25)28(33)29-24-14-6-8-16-26(24)31/h5-9,11-16,19H,3-4,10,17-18,20H2,1-2H3,(H,29,33). The van der Waals surface area contributed by atoms with E-state index in [0.717, 1.165) is 37.4 Å². The van der Waals surface area contributed by atoms with Crippen LogP contribution in [0, 0.1) is 0 Å². The zero-order valence-electron chi connectivity index (χ0n) is 19.8. The average Bonchev–Trinajstić information content (AvgIpc) is 2.98. The fraction of sp³-hybridized carbons (Fsp3) is 0.286. The molecule has 6 heteroatoms. The van der Waals surface area contributed by atoms with Gasteiger partial charge in [0.05, 0.1) is 35.7 Å². The third kappa shape index (κ3) is 5.29. The molecule has 0 atom stereocenters. The van der Waals surface area contributed by atoms with Gasteiger partial charge in [0.25, 0.3) is 5.91 Å². The molecule has 3 aromatic rings. The first-order chi connectivity index (χ1) is 16.6. The molecule has 1 N–H and O–H groups in total. The monoisotopic (exact) mass is 457 g/mol. The summed E-state index contributed by atoms with van der Waals surface area (Å²) < 4.78 is 5.95. The fourth-order valence-corrected chi connectivity index (χ4v) is 4.24. The summed E-state index contributed by atoms with van der Waals surface area (Å²) in [6.07, 6.45) is 1.14. The van der Waals surface area contributed by atoms with Gasteiger partial charge in [-0.15, -0.1) is 0 Å². The van der Waals surface area contributed by atoms with Gasteiger partial charge >= 0.3 is 0 Å². The van der Waals surface area contributed by atoms with E-state index in [0.29, 0.717) is 29.2 Å². The average molecular weight is 458 g/mol. The molecule has 0 bridgehead atoms. The van der Waals surface area contributed by atoms with Crippen molar-refractivity contribution >= 4 is 28.9 Å². The number of nitrogens with zero attached hydrogens (tertiary/aromatic N) is 2. The van der Waals surface area contributed by atoms with Gasteiger partial charge in [0.1, 0.15) is 5.75 Å². The molecule has 4 rings (SSSR count). The first-order valence-electron chi connectivity index (χ1n) is 11.9. The highest BCUT2D eigenvalue weighted by molar-refractivity contribution is 6.17. The Morgan fingerprint density at radius 1 is 0.941 bits per heavy atom. The van der Waals surface area contributed by atoms with Crippen molar-refractivity contribution in [1.82, 2.24) is 4.90 Å². The van der Waals surface area contributed by atoms with Crippen molar-refractivity contribution in [1.29, 1.82) is 0 Å². The van der Waals surface area contributed by atoms with Crippen molar-refractivity contribution in [3.05, 3.63) is 83.9 Å². The number of amides is 2. The minimum Gasteiger partial charge on any atom is -0.494 e. The summed E-state index contributed by atoms with van der Waals surface area (Å²) in [4.78, 5) is 30.4. The van der Waals surface area contributed by atoms with E-state index in [2.05, 4.69) is 24.1 Å². The lowest BCUT2D eigenvalue weighted by atomic mass is 10.1. The molecule has 0 radical (unpaired) electrons. The Kier molecular flexibility index (Phi) is 7.60. The second-order valence-corrected chi connectivity index (χ2v) is 8.27. The summed E-state index contributed by atoms with van der Waals surface area (Å²) >= 11 is 0. The summed E-state index contributed by atoms with van der Waals surface area (Å²) in [5, 5.41) is 2.93. The maximum absolute atomic E-state index is 13.6. The number of rotatable bonds is 9. The molecule has 0 aliphatic carbocycles. The van der Waals surface area contributed by atoms with Gasteiger partial charge in [-0.25, -0.2) is 0 Å². The van der Waals surface area contributed by atoms with E-state index in [1.165, 1.54) is 0 Å². The molecule has 3 aromatic carbocycles. The SMILES string of the molecule is CCN(CC)CCCOc1cccc(CC(=O)N2c3ccccc3NC(=O)c3ccccc32)c1. The zero-order valence-corrected chi connectivity index (χ0v) is 19.8. The van der Waals surface area contributed by atoms with E-state index in [9.17, 15) is 9.59 Å². The Morgan fingerprint density at radius 3 is 2.47 bits per heavy atom. The second kappa shape index (κ2) is 11.0. The largest absolute Gasteiger partial charge is 0.494 e. The quantitative estimate of drug-likeness (QED) is 0.445. The van der Waals surface area contributed by atoms with Crippen LogP contribution < -0.4 is 15.0 Å². The van der Waals surface area contributed by atoms with Gasteiger partial charge in [0.15, 0.2) is 0 Å². The summed E-state index contributed by atoms with van der Waals surface area (Å²) in [6, 6.07) is 22.3. The van der Waals surface area contributed by atoms with Gasteiger partial charge in [0, 0.05) is 6.54 Å². The molecular formula is C28H31N3O3. The van der Waals surface area contributed by atoms with E-state index in [1.807, 2.05) is 60.7 Å². The highest BCUT2D eigenvalue weighted by atomic mass is 16.5. The number of nitrogens with one attached hydrogen (secondary N) is 1. The number of para-hydroxylation sites is 3. The third-order valence-corrected chi connectivity index (χ3v) is 6.07. The number of benzene rings is 3. The van der Waals surface area contributed by atoms with Gasteiger partial charge in [-0.1, -0.05) is 50.2 Å². The lowest BCUT2D eigenvalue weighted by Crippen LogP contribution is -2.28. The normalized spacial score (nSPS) is 12.6. The van der Waals surface area contributed by atoms with Gasteiger partial charge in [0.2, 0.25) is 5.91 Å². The number of anilines is 3. The predicted molar refractivity (Wildman–Crippen MR) is 136 cm³/mol. The molecule has 0 fully saturated rings. The lowest BCUT2D eigenvalue weighted by molar-refractivity contribution is -0.117. The molecule has 0 saturated heterocycles. The van der Waals surface area contributed by atoms with Crippen molar-refractivity contribution < 1.29 is 14.3 Å². The number of fused-ring (bicyclic) bond motifs is 2. The molecule has 1 aliphatic heterocycles. The van der Waals surface area contributed by atoms with Crippen LogP contribution >= 0.6 is 0 Å². The first-order valence-corrected chi connectivity index (χ1v) is 11.9. The maximum Gasteiger partial charge on any atom is 0.257 e. The van der Waals surface area contributed by atoms with Gasteiger partial charge < -0.3 is 15.0 Å². The second-order valence-electron chi connectivity index (χ2n) is 8.27. The number of carbonyl (C=O) groups is 2. The number of hydrogen-bond acceptors (Lipinski definition) is 4. The Balaban J connectivity index is 1.52. The predicted octanol–water partition coefficient (Wildman–Crippen LogP) is 5.27. The van der Waals surface area contributed by atoms with Crippen molar-refractivity contribution in [3.8, 4) is 5.75 Å². The van der Waals surface area contributed by atoms with Crippen LogP contribution in [0.1, 0.15) is 36.2 Å². The van der Waals surface area contributed by atoms with E-state index in [1.54, 1.807) is 17.0 Å². The van der Waals surface area contributed by atoms with Crippen LogP contribution in [-0.4, -0.2) is 43.0 Å². The van der Waals surface area contributed by atoms with E-state index in [4.69, 9.17) is 4.74 Å². The van der Waals surface area contributed by atoms with Crippen LogP contribution in [0.2, 0.25) is 0 Å². The molecule has 1 heterocycles. The minimum atomic E-state index is -0.224. The Morgan fingerprint density at radius 2 is 1.68 bits per heavy atom. The van der Waals surface area contributed by atoms with Crippen molar-refractivity contribution in [2.45, 2.75) is 26.7 Å². The third-order valence-electron chi connectivity index (χ3n) is 6.07. The van der Waals surface area contributed by atoms with E-state index >= 15 is 0 Å². The maximum atomic E-state index is 13.6. The highest BCUT2D eigenvalue weighted by Gasteiger charge is 2.28. The molecule has 34 heavy (non-hydrogen) atoms. The number of hydrogen-bond donors (Lipinski definition) is 1. The smallest absolute Gasteiger partial charge is 0.257 e. The van der Waals surface area contributed by atoms with Gasteiger partial charge in [-0.3, -0.25) is 14.5 Å². The van der Waals surface area contributed by atoms with Gasteiger partial charge in [-0.05, 0) is 61.5 Å². The van der Waals surface area contributed by atoms with Crippen LogP contribution in [0.5, 0.6) is 5.75 Å². The summed E-state index contributed by atoms with van der Waals surface area (Å²) in [7, 11) is 0. The molecule has 6 nitrogen and oxygen atoms in total. The summed E-state index contributed by atoms with van der Waals surface area (Å²) in [5.74, 6) is 0.423. The topological polar surface area (TPSA) is 61.9 Å². The molecule has 0 unspecified atom stereocenters. The summed E-state index contributed by atoms with van der Waals surface area (Å²) in [5.41, 5.74) is 3.19. The minimum absolute atomic E-state index is 0.116. The van der Waals surface area contributed by atoms with Gasteiger partial charge in [-0.2, -0.15) is 0 Å². The zero-order chi connectivity index (χ0) is 23.9. The molecule has 1 aliphatic rings.